The lowest BCUT2D eigenvalue weighted by molar-refractivity contribution is -0.137. The average molecular weight is 575 g/mol. The Kier molecular flexibility index (Phi) is 9.03. The largest absolute Gasteiger partial charge is 0.387 e. The molecule has 2 aromatic heterocycles. The molecule has 4 atom stereocenters. The van der Waals surface area contributed by atoms with Gasteiger partial charge in [0.1, 0.15) is 12.2 Å². The Morgan fingerprint density at radius 3 is 2.29 bits per heavy atom. The van der Waals surface area contributed by atoms with E-state index >= 15 is 0 Å². The van der Waals surface area contributed by atoms with Crippen LogP contribution in [0, 0.1) is 0 Å². The van der Waals surface area contributed by atoms with Gasteiger partial charge in [-0.3, -0.25) is 14.2 Å². The molecule has 13 nitrogen and oxygen atoms in total. The number of nitrogens with one attached hydrogen (secondary N) is 3. The third-order valence-corrected chi connectivity index (χ3v) is 7.05. The van der Waals surface area contributed by atoms with Gasteiger partial charge in [-0.05, 0) is 18.1 Å². The third kappa shape index (κ3) is 5.94. The maximum atomic E-state index is 12.9. The monoisotopic (exact) mass is 574 g/mol. The van der Waals surface area contributed by atoms with Crippen LogP contribution in [0.3, 0.4) is 0 Å². The summed E-state index contributed by atoms with van der Waals surface area (Å²) in [5, 5.41) is 30.0. The maximum Gasteiger partial charge on any atom is 0.289 e. The van der Waals surface area contributed by atoms with Crippen LogP contribution < -0.4 is 21.7 Å². The molecule has 0 saturated carbocycles. The van der Waals surface area contributed by atoms with Gasteiger partial charge in [0, 0.05) is 32.1 Å². The van der Waals surface area contributed by atoms with Crippen molar-refractivity contribution in [1.29, 1.82) is 0 Å². The van der Waals surface area contributed by atoms with Crippen molar-refractivity contribution in [2.45, 2.75) is 37.4 Å². The van der Waals surface area contributed by atoms with E-state index in [4.69, 9.17) is 10.5 Å². The summed E-state index contributed by atoms with van der Waals surface area (Å²) in [5.41, 5.74) is 8.22. The SMILES string of the molecule is CCNC(=O)[C@H]1O[C@@H](n2cnc3c(NCC(c4ccccc4)c4ccccc4)nc(C(=O)NCCN)nc32)[C@@H](O)[C@H]1O. The molecule has 7 N–H and O–H groups in total. The highest BCUT2D eigenvalue weighted by atomic mass is 16.6. The molecule has 2 aromatic carbocycles. The molecule has 0 spiro atoms. The van der Waals surface area contributed by atoms with Crippen LogP contribution in [0.2, 0.25) is 0 Å². The van der Waals surface area contributed by atoms with E-state index in [9.17, 15) is 19.8 Å². The van der Waals surface area contributed by atoms with Crippen molar-refractivity contribution in [2.24, 2.45) is 5.73 Å². The zero-order valence-corrected chi connectivity index (χ0v) is 23.1. The normalized spacial score (nSPS) is 20.1. The molecule has 0 radical (unpaired) electrons. The van der Waals surface area contributed by atoms with Gasteiger partial charge in [-0.15, -0.1) is 0 Å². The zero-order chi connectivity index (χ0) is 29.6. The molecule has 0 unspecified atom stereocenters. The predicted molar refractivity (Wildman–Crippen MR) is 155 cm³/mol. The minimum absolute atomic E-state index is 0.0537. The zero-order valence-electron chi connectivity index (χ0n) is 23.1. The minimum Gasteiger partial charge on any atom is -0.387 e. The first-order valence-corrected chi connectivity index (χ1v) is 13.8. The number of hydrogen-bond acceptors (Lipinski definition) is 10. The number of nitrogens with zero attached hydrogens (tertiary/aromatic N) is 4. The molecule has 42 heavy (non-hydrogen) atoms. The van der Waals surface area contributed by atoms with Gasteiger partial charge in [0.15, 0.2) is 29.3 Å². The van der Waals surface area contributed by atoms with E-state index in [0.29, 0.717) is 24.4 Å². The van der Waals surface area contributed by atoms with Gasteiger partial charge >= 0.3 is 0 Å². The van der Waals surface area contributed by atoms with Gasteiger partial charge in [0.2, 0.25) is 5.82 Å². The number of imidazole rings is 1. The Balaban J connectivity index is 1.52. The van der Waals surface area contributed by atoms with Crippen LogP contribution in [-0.2, 0) is 9.53 Å². The number of anilines is 1. The molecule has 13 heteroatoms. The smallest absolute Gasteiger partial charge is 0.289 e. The van der Waals surface area contributed by atoms with E-state index in [2.05, 4.69) is 30.9 Å². The van der Waals surface area contributed by atoms with Crippen molar-refractivity contribution in [3.63, 3.8) is 0 Å². The summed E-state index contributed by atoms with van der Waals surface area (Å²) < 4.78 is 7.17. The number of hydrogen-bond donors (Lipinski definition) is 6. The molecular formula is C29H34N8O5. The highest BCUT2D eigenvalue weighted by Crippen LogP contribution is 2.33. The second kappa shape index (κ2) is 13.0. The Morgan fingerprint density at radius 2 is 1.67 bits per heavy atom. The number of carbonyl (C=O) groups excluding carboxylic acids is 2. The number of aromatic nitrogens is 4. The number of likely N-dealkylation sites (N-methyl/N-ethyl adjacent to an activating group) is 1. The number of fused-ring (bicyclic) bond motifs is 1. The van der Waals surface area contributed by atoms with Crippen molar-refractivity contribution >= 4 is 28.8 Å². The first-order valence-electron chi connectivity index (χ1n) is 13.8. The summed E-state index contributed by atoms with van der Waals surface area (Å²) in [6.45, 7) is 2.93. The number of aliphatic hydroxyl groups is 2. The minimum atomic E-state index is -1.48. The Morgan fingerprint density at radius 1 is 1.00 bits per heavy atom. The molecule has 1 aliphatic rings. The highest BCUT2D eigenvalue weighted by molar-refractivity contribution is 5.94. The number of aliphatic hydroxyl groups excluding tert-OH is 2. The van der Waals surface area contributed by atoms with E-state index < -0.39 is 36.4 Å². The number of ether oxygens (including phenoxy) is 1. The number of amides is 2. The third-order valence-electron chi connectivity index (χ3n) is 7.05. The second-order valence-corrected chi connectivity index (χ2v) is 9.84. The quantitative estimate of drug-likeness (QED) is 0.147. The number of nitrogens with two attached hydrogens (primary N) is 1. The fourth-order valence-electron chi connectivity index (χ4n) is 4.97. The van der Waals surface area contributed by atoms with Gasteiger partial charge in [-0.1, -0.05) is 60.7 Å². The summed E-state index contributed by atoms with van der Waals surface area (Å²) >= 11 is 0. The lowest BCUT2D eigenvalue weighted by atomic mass is 9.91. The van der Waals surface area contributed by atoms with Crippen LogP contribution >= 0.6 is 0 Å². The van der Waals surface area contributed by atoms with Gasteiger partial charge in [0.25, 0.3) is 11.8 Å². The molecule has 0 bridgehead atoms. The lowest BCUT2D eigenvalue weighted by Crippen LogP contribution is -2.42. The van der Waals surface area contributed by atoms with Crippen LogP contribution in [0.5, 0.6) is 0 Å². The van der Waals surface area contributed by atoms with Crippen LogP contribution in [0.1, 0.15) is 40.8 Å². The van der Waals surface area contributed by atoms with Gasteiger partial charge in [-0.25, -0.2) is 15.0 Å². The summed E-state index contributed by atoms with van der Waals surface area (Å²) in [4.78, 5) is 38.7. The van der Waals surface area contributed by atoms with Crippen molar-refractivity contribution in [1.82, 2.24) is 30.2 Å². The van der Waals surface area contributed by atoms with Crippen LogP contribution in [-0.4, -0.2) is 86.0 Å². The first-order chi connectivity index (χ1) is 20.4. The molecule has 3 heterocycles. The van der Waals surface area contributed by atoms with Crippen molar-refractivity contribution in [3.8, 4) is 0 Å². The van der Waals surface area contributed by atoms with Gasteiger partial charge in [0.05, 0.1) is 6.33 Å². The topological polar surface area (TPSA) is 190 Å². The maximum absolute atomic E-state index is 12.9. The summed E-state index contributed by atoms with van der Waals surface area (Å²) in [6.07, 6.45) is -4.06. The number of benzene rings is 2. The molecule has 220 valence electrons. The second-order valence-electron chi connectivity index (χ2n) is 9.84. The Labute approximate surface area is 242 Å². The van der Waals surface area contributed by atoms with Crippen LogP contribution in [0.25, 0.3) is 11.2 Å². The number of carbonyl (C=O) groups is 2. The van der Waals surface area contributed by atoms with Crippen molar-refractivity contribution in [3.05, 3.63) is 83.9 Å². The van der Waals surface area contributed by atoms with E-state index in [1.54, 1.807) is 6.92 Å². The first kappa shape index (κ1) is 29.1. The number of rotatable bonds is 11. The van der Waals surface area contributed by atoms with E-state index in [-0.39, 0.29) is 30.5 Å². The Bertz CT molecular complexity index is 1480. The summed E-state index contributed by atoms with van der Waals surface area (Å²) in [6, 6.07) is 20.0. The van der Waals surface area contributed by atoms with Crippen LogP contribution in [0.15, 0.2) is 67.0 Å². The Hall–Kier alpha value is -4.43. The van der Waals surface area contributed by atoms with E-state index in [1.165, 1.54) is 10.9 Å². The van der Waals surface area contributed by atoms with E-state index in [1.807, 2.05) is 60.7 Å². The predicted octanol–water partition coefficient (Wildman–Crippen LogP) is 0.514. The molecule has 5 rings (SSSR count). The molecule has 4 aromatic rings. The molecule has 0 aliphatic carbocycles. The lowest BCUT2D eigenvalue weighted by Gasteiger charge is -2.20. The molecule has 2 amide bonds. The van der Waals surface area contributed by atoms with Crippen molar-refractivity contribution in [2.75, 3.05) is 31.5 Å². The fourth-order valence-corrected chi connectivity index (χ4v) is 4.97. The van der Waals surface area contributed by atoms with E-state index in [0.717, 1.165) is 11.1 Å². The standard InChI is InChI=1S/C29H34N8O5/c1-2-31-27(40)23-21(38)22(39)29(42-23)37-16-34-20-24(35-25(36-26(20)37)28(41)32-14-13-30)33-15-19(17-9-5-3-6-10-17)18-11-7-4-8-12-18/h3-12,16,19,21-23,29,38-39H,2,13-15,30H2,1H3,(H,31,40)(H,32,41)(H,33,35,36)/t21-,22+,23+,29-/m1/s1. The summed E-state index contributed by atoms with van der Waals surface area (Å²) in [5.74, 6) is -1.01. The van der Waals surface area contributed by atoms with Gasteiger partial charge < -0.3 is 36.6 Å². The molecule has 1 saturated heterocycles. The highest BCUT2D eigenvalue weighted by Gasteiger charge is 2.47. The molecular weight excluding hydrogens is 540 g/mol. The average Bonchev–Trinajstić information content (AvgIpc) is 3.57. The summed E-state index contributed by atoms with van der Waals surface area (Å²) in [7, 11) is 0. The van der Waals surface area contributed by atoms with Crippen LogP contribution in [0.4, 0.5) is 5.82 Å². The molecule has 1 fully saturated rings. The fraction of sp³-hybridized carbons (Fsp3) is 0.345. The van der Waals surface area contributed by atoms with Gasteiger partial charge in [-0.2, -0.15) is 0 Å². The van der Waals surface area contributed by atoms with Crippen molar-refractivity contribution < 1.29 is 24.5 Å². The molecule has 1 aliphatic heterocycles.